The van der Waals surface area contributed by atoms with Crippen LogP contribution < -0.4 is 0 Å². The molecule has 0 aliphatic carbocycles. The fourth-order valence-electron chi connectivity index (χ4n) is 2.99. The number of carbonyl (C=O) groups excluding carboxylic acids is 1. The van der Waals surface area contributed by atoms with Gasteiger partial charge in [0.15, 0.2) is 0 Å². The Labute approximate surface area is 120 Å². The topological polar surface area (TPSA) is 47.4 Å². The predicted molar refractivity (Wildman–Crippen MR) is 77.5 cm³/mol. The Morgan fingerprint density at radius 1 is 1.40 bits per heavy atom. The summed E-state index contributed by atoms with van der Waals surface area (Å²) in [6.45, 7) is 7.49. The molecule has 2 atom stereocenters. The number of aryl methyl sites for hydroxylation is 1. The molecule has 2 heterocycles. The normalized spacial score (nSPS) is 23.8. The number of likely N-dealkylation sites (tertiary alicyclic amines) is 1. The third kappa shape index (κ3) is 3.03. The fraction of sp³-hybridized carbons (Fsp3) is 0.733. The van der Waals surface area contributed by atoms with Crippen molar-refractivity contribution in [3.8, 4) is 0 Å². The van der Waals surface area contributed by atoms with Crippen LogP contribution in [0.1, 0.15) is 56.1 Å². The van der Waals surface area contributed by atoms with Crippen molar-refractivity contribution in [2.75, 3.05) is 6.61 Å². The van der Waals surface area contributed by atoms with Crippen molar-refractivity contribution in [3.63, 3.8) is 0 Å². The number of rotatable bonds is 4. The minimum Gasteiger partial charge on any atom is -0.462 e. The third-order valence-corrected chi connectivity index (χ3v) is 4.27. The molecule has 0 bridgehead atoms. The summed E-state index contributed by atoms with van der Waals surface area (Å²) in [7, 11) is 1.89. The highest BCUT2D eigenvalue weighted by Crippen LogP contribution is 2.25. The van der Waals surface area contributed by atoms with Crippen LogP contribution in [0.25, 0.3) is 0 Å². The van der Waals surface area contributed by atoms with Gasteiger partial charge in [-0.05, 0) is 33.6 Å². The average molecular weight is 279 g/mol. The zero-order valence-corrected chi connectivity index (χ0v) is 12.9. The second kappa shape index (κ2) is 6.39. The van der Waals surface area contributed by atoms with Gasteiger partial charge in [-0.15, -0.1) is 0 Å². The number of piperidine rings is 1. The Kier molecular flexibility index (Phi) is 4.81. The summed E-state index contributed by atoms with van der Waals surface area (Å²) in [4.78, 5) is 14.5. The van der Waals surface area contributed by atoms with Gasteiger partial charge >= 0.3 is 5.97 Å². The van der Waals surface area contributed by atoms with E-state index in [1.54, 1.807) is 10.9 Å². The molecule has 1 aromatic heterocycles. The van der Waals surface area contributed by atoms with Gasteiger partial charge in [0.2, 0.25) is 0 Å². The number of ether oxygens (including phenoxy) is 1. The quantitative estimate of drug-likeness (QED) is 0.794. The van der Waals surface area contributed by atoms with E-state index in [-0.39, 0.29) is 5.97 Å². The van der Waals surface area contributed by atoms with Crippen molar-refractivity contribution in [1.82, 2.24) is 14.7 Å². The van der Waals surface area contributed by atoms with Crippen molar-refractivity contribution < 1.29 is 9.53 Å². The van der Waals surface area contributed by atoms with E-state index in [0.717, 1.165) is 12.2 Å². The molecule has 1 fully saturated rings. The van der Waals surface area contributed by atoms with Crippen molar-refractivity contribution in [2.45, 2.75) is 58.7 Å². The molecule has 0 aromatic carbocycles. The maximum atomic E-state index is 12.0. The standard InChI is InChI=1S/C15H25N3O2/c1-5-20-15(19)13-9-16-17(4)14(13)10-18-11(2)7-6-8-12(18)3/h9,11-12H,5-8,10H2,1-4H3. The summed E-state index contributed by atoms with van der Waals surface area (Å²) < 4.78 is 6.91. The van der Waals surface area contributed by atoms with E-state index in [1.165, 1.54) is 19.3 Å². The van der Waals surface area contributed by atoms with Gasteiger partial charge < -0.3 is 4.74 Å². The number of carbonyl (C=O) groups is 1. The second-order valence-corrected chi connectivity index (χ2v) is 5.65. The summed E-state index contributed by atoms with van der Waals surface area (Å²) in [6, 6.07) is 1.09. The van der Waals surface area contributed by atoms with Gasteiger partial charge in [-0.25, -0.2) is 4.79 Å². The molecule has 2 unspecified atom stereocenters. The van der Waals surface area contributed by atoms with Gasteiger partial charge in [-0.1, -0.05) is 6.42 Å². The molecule has 0 radical (unpaired) electrons. The zero-order valence-electron chi connectivity index (χ0n) is 12.9. The van der Waals surface area contributed by atoms with E-state index in [9.17, 15) is 4.79 Å². The SMILES string of the molecule is CCOC(=O)c1cnn(C)c1CN1C(C)CCCC1C. The van der Waals surface area contributed by atoms with Crippen LogP contribution in [0.2, 0.25) is 0 Å². The first-order chi connectivity index (χ1) is 9.54. The average Bonchev–Trinajstić information content (AvgIpc) is 2.76. The molecule has 1 aliphatic heterocycles. The molecule has 1 aromatic rings. The van der Waals surface area contributed by atoms with Crippen molar-refractivity contribution in [3.05, 3.63) is 17.5 Å². The van der Waals surface area contributed by atoms with Gasteiger partial charge in [0.1, 0.15) is 5.56 Å². The van der Waals surface area contributed by atoms with Gasteiger partial charge in [0.25, 0.3) is 0 Å². The first kappa shape index (κ1) is 15.0. The molecule has 5 nitrogen and oxygen atoms in total. The Morgan fingerprint density at radius 3 is 2.65 bits per heavy atom. The molecule has 112 valence electrons. The first-order valence-corrected chi connectivity index (χ1v) is 7.48. The highest BCUT2D eigenvalue weighted by Gasteiger charge is 2.27. The molecule has 1 aliphatic rings. The largest absolute Gasteiger partial charge is 0.462 e. The van der Waals surface area contributed by atoms with Gasteiger partial charge in [-0.2, -0.15) is 5.10 Å². The molecular formula is C15H25N3O2. The van der Waals surface area contributed by atoms with Crippen molar-refractivity contribution >= 4 is 5.97 Å². The lowest BCUT2D eigenvalue weighted by Crippen LogP contribution is -2.43. The molecule has 1 saturated heterocycles. The summed E-state index contributed by atoms with van der Waals surface area (Å²) in [6.07, 6.45) is 5.34. The zero-order chi connectivity index (χ0) is 14.7. The van der Waals surface area contributed by atoms with Crippen LogP contribution in [-0.2, 0) is 18.3 Å². The minimum absolute atomic E-state index is 0.270. The number of hydrogen-bond acceptors (Lipinski definition) is 4. The predicted octanol–water partition coefficient (Wildman–Crippen LogP) is 2.36. The molecule has 0 amide bonds. The molecule has 2 rings (SSSR count). The maximum absolute atomic E-state index is 12.0. The van der Waals surface area contributed by atoms with Crippen molar-refractivity contribution in [2.24, 2.45) is 7.05 Å². The lowest BCUT2D eigenvalue weighted by molar-refractivity contribution is 0.0517. The van der Waals surface area contributed by atoms with Crippen LogP contribution in [0.3, 0.4) is 0 Å². The van der Waals surface area contributed by atoms with Crippen LogP contribution in [0.5, 0.6) is 0 Å². The molecule has 0 saturated carbocycles. The van der Waals surface area contributed by atoms with Crippen LogP contribution in [0.4, 0.5) is 0 Å². The van der Waals surface area contributed by atoms with Crippen LogP contribution in [0, 0.1) is 0 Å². The monoisotopic (exact) mass is 279 g/mol. The molecule has 0 spiro atoms. The smallest absolute Gasteiger partial charge is 0.341 e. The summed E-state index contributed by atoms with van der Waals surface area (Å²) >= 11 is 0. The highest BCUT2D eigenvalue weighted by molar-refractivity contribution is 5.90. The number of nitrogens with zero attached hydrogens (tertiary/aromatic N) is 3. The summed E-state index contributed by atoms with van der Waals surface area (Å²) in [5.74, 6) is -0.270. The van der Waals surface area contributed by atoms with E-state index in [2.05, 4.69) is 23.8 Å². The maximum Gasteiger partial charge on any atom is 0.341 e. The highest BCUT2D eigenvalue weighted by atomic mass is 16.5. The van der Waals surface area contributed by atoms with E-state index in [4.69, 9.17) is 4.74 Å². The van der Waals surface area contributed by atoms with E-state index in [1.807, 2.05) is 14.0 Å². The van der Waals surface area contributed by atoms with Crippen LogP contribution in [0.15, 0.2) is 6.20 Å². The Hall–Kier alpha value is -1.36. The molecule has 5 heteroatoms. The fourth-order valence-corrected chi connectivity index (χ4v) is 2.99. The summed E-state index contributed by atoms with van der Waals surface area (Å²) in [5.41, 5.74) is 1.54. The lowest BCUT2D eigenvalue weighted by atomic mass is 9.97. The first-order valence-electron chi connectivity index (χ1n) is 7.48. The van der Waals surface area contributed by atoms with Crippen LogP contribution in [-0.4, -0.2) is 39.3 Å². The van der Waals surface area contributed by atoms with E-state index >= 15 is 0 Å². The Morgan fingerprint density at radius 2 is 2.05 bits per heavy atom. The van der Waals surface area contributed by atoms with Gasteiger partial charge in [0.05, 0.1) is 18.5 Å². The lowest BCUT2D eigenvalue weighted by Gasteiger charge is -2.39. The van der Waals surface area contributed by atoms with E-state index in [0.29, 0.717) is 24.3 Å². The third-order valence-electron chi connectivity index (χ3n) is 4.27. The van der Waals surface area contributed by atoms with Crippen molar-refractivity contribution in [1.29, 1.82) is 0 Å². The van der Waals surface area contributed by atoms with Gasteiger partial charge in [-0.3, -0.25) is 9.58 Å². The number of esters is 1. The minimum atomic E-state index is -0.270. The van der Waals surface area contributed by atoms with Gasteiger partial charge in [0, 0.05) is 25.7 Å². The number of aromatic nitrogens is 2. The molecule has 20 heavy (non-hydrogen) atoms. The molecule has 0 N–H and O–H groups in total. The Bertz CT molecular complexity index is 460. The number of hydrogen-bond donors (Lipinski definition) is 0. The second-order valence-electron chi connectivity index (χ2n) is 5.65. The summed E-state index contributed by atoms with van der Waals surface area (Å²) in [5, 5.41) is 4.22. The van der Waals surface area contributed by atoms with Crippen LogP contribution >= 0.6 is 0 Å². The molecular weight excluding hydrogens is 254 g/mol. The Balaban J connectivity index is 2.19. The van der Waals surface area contributed by atoms with E-state index < -0.39 is 0 Å².